The predicted octanol–water partition coefficient (Wildman–Crippen LogP) is 3.08. The van der Waals surface area contributed by atoms with Crippen LogP contribution in [0.4, 0.5) is 11.4 Å². The van der Waals surface area contributed by atoms with Crippen LogP contribution in [-0.4, -0.2) is 10.9 Å². The normalized spacial score (nSPS) is 10.6. The smallest absolute Gasteiger partial charge is 0.248 e. The predicted molar refractivity (Wildman–Crippen MR) is 80.5 cm³/mol. The summed E-state index contributed by atoms with van der Waals surface area (Å²) in [7, 11) is 0. The molecule has 96 valence electrons. The number of rotatable bonds is 3. The SMILES string of the molecule is Nc1ccc(/C=C/C(=O)Nc2cccnc2Br)cc1. The molecular formula is C14H12BrN3O. The zero-order valence-electron chi connectivity index (χ0n) is 10.0. The highest BCUT2D eigenvalue weighted by Crippen LogP contribution is 2.18. The standard InChI is InChI=1S/C14H12BrN3O/c15-14-12(2-1-9-17-14)18-13(19)8-5-10-3-6-11(16)7-4-10/h1-9H,16H2,(H,18,19)/b8-5+. The lowest BCUT2D eigenvalue weighted by Gasteiger charge is -2.03. The minimum Gasteiger partial charge on any atom is -0.399 e. The van der Waals surface area contributed by atoms with E-state index in [0.29, 0.717) is 16.0 Å². The quantitative estimate of drug-likeness (QED) is 0.519. The molecule has 1 amide bonds. The molecule has 0 aliphatic heterocycles. The maximum absolute atomic E-state index is 11.7. The van der Waals surface area contributed by atoms with Crippen LogP contribution < -0.4 is 11.1 Å². The Bertz CT molecular complexity index is 608. The van der Waals surface area contributed by atoms with E-state index in [1.54, 1.807) is 36.5 Å². The van der Waals surface area contributed by atoms with Gasteiger partial charge in [0.2, 0.25) is 5.91 Å². The molecule has 0 bridgehead atoms. The van der Waals surface area contributed by atoms with Crippen molar-refractivity contribution in [1.29, 1.82) is 0 Å². The van der Waals surface area contributed by atoms with Crippen molar-refractivity contribution in [3.8, 4) is 0 Å². The topological polar surface area (TPSA) is 68.0 Å². The zero-order valence-corrected chi connectivity index (χ0v) is 11.6. The van der Waals surface area contributed by atoms with E-state index in [0.717, 1.165) is 5.56 Å². The number of nitrogens with zero attached hydrogens (tertiary/aromatic N) is 1. The molecule has 0 unspecified atom stereocenters. The van der Waals surface area contributed by atoms with Crippen LogP contribution in [0, 0.1) is 0 Å². The summed E-state index contributed by atoms with van der Waals surface area (Å²) in [5, 5.41) is 2.73. The Labute approximate surface area is 119 Å². The summed E-state index contributed by atoms with van der Waals surface area (Å²) in [6.45, 7) is 0. The third-order valence-corrected chi connectivity index (χ3v) is 3.01. The molecule has 0 aliphatic rings. The first kappa shape index (κ1) is 13.3. The number of carbonyl (C=O) groups excluding carboxylic acids is 1. The molecule has 4 nitrogen and oxygen atoms in total. The largest absolute Gasteiger partial charge is 0.399 e. The van der Waals surface area contributed by atoms with E-state index in [4.69, 9.17) is 5.73 Å². The van der Waals surface area contributed by atoms with Crippen molar-refractivity contribution in [3.63, 3.8) is 0 Å². The van der Waals surface area contributed by atoms with E-state index in [9.17, 15) is 4.79 Å². The van der Waals surface area contributed by atoms with Crippen molar-refractivity contribution in [3.05, 3.63) is 58.8 Å². The van der Waals surface area contributed by atoms with Gasteiger partial charge in [0.1, 0.15) is 4.60 Å². The Kier molecular flexibility index (Phi) is 4.30. The lowest BCUT2D eigenvalue weighted by atomic mass is 10.2. The van der Waals surface area contributed by atoms with Crippen LogP contribution in [0.25, 0.3) is 6.08 Å². The van der Waals surface area contributed by atoms with Crippen LogP contribution in [-0.2, 0) is 4.79 Å². The van der Waals surface area contributed by atoms with Crippen LogP contribution in [0.15, 0.2) is 53.3 Å². The van der Waals surface area contributed by atoms with Crippen LogP contribution >= 0.6 is 15.9 Å². The molecule has 0 saturated carbocycles. The molecule has 1 aromatic carbocycles. The lowest BCUT2D eigenvalue weighted by Crippen LogP contribution is -2.08. The van der Waals surface area contributed by atoms with Gasteiger partial charge < -0.3 is 11.1 Å². The molecule has 3 N–H and O–H groups in total. The van der Waals surface area contributed by atoms with Crippen LogP contribution in [0.2, 0.25) is 0 Å². The molecule has 19 heavy (non-hydrogen) atoms. The molecule has 0 radical (unpaired) electrons. The highest BCUT2D eigenvalue weighted by molar-refractivity contribution is 9.10. The van der Waals surface area contributed by atoms with Gasteiger partial charge >= 0.3 is 0 Å². The molecule has 0 aliphatic carbocycles. The maximum Gasteiger partial charge on any atom is 0.248 e. The number of nitrogens with one attached hydrogen (secondary N) is 1. The monoisotopic (exact) mass is 317 g/mol. The van der Waals surface area contributed by atoms with Crippen molar-refractivity contribution in [2.75, 3.05) is 11.1 Å². The van der Waals surface area contributed by atoms with Crippen LogP contribution in [0.5, 0.6) is 0 Å². The molecule has 1 heterocycles. The molecule has 2 rings (SSSR count). The number of nitrogen functional groups attached to an aromatic ring is 1. The van der Waals surface area contributed by atoms with E-state index in [2.05, 4.69) is 26.2 Å². The number of halogens is 1. The molecule has 0 fully saturated rings. The van der Waals surface area contributed by atoms with Gasteiger partial charge in [0.05, 0.1) is 5.69 Å². The van der Waals surface area contributed by atoms with Crippen molar-refractivity contribution in [2.24, 2.45) is 0 Å². The number of benzene rings is 1. The average molecular weight is 318 g/mol. The average Bonchev–Trinajstić information content (AvgIpc) is 2.41. The second-order valence-corrected chi connectivity index (χ2v) is 4.58. The number of aromatic nitrogens is 1. The highest BCUT2D eigenvalue weighted by Gasteiger charge is 2.02. The third kappa shape index (κ3) is 3.93. The lowest BCUT2D eigenvalue weighted by molar-refractivity contribution is -0.111. The van der Waals surface area contributed by atoms with Gasteiger partial charge in [-0.05, 0) is 51.8 Å². The third-order valence-electron chi connectivity index (χ3n) is 2.38. The number of nitrogens with two attached hydrogens (primary N) is 1. The van der Waals surface area contributed by atoms with Crippen LogP contribution in [0.3, 0.4) is 0 Å². The Morgan fingerprint density at radius 1 is 1.26 bits per heavy atom. The molecular weight excluding hydrogens is 306 g/mol. The summed E-state index contributed by atoms with van der Waals surface area (Å²) in [5.74, 6) is -0.217. The van der Waals surface area contributed by atoms with Crippen molar-refractivity contribution in [2.45, 2.75) is 0 Å². The van der Waals surface area contributed by atoms with Gasteiger partial charge in [-0.15, -0.1) is 0 Å². The highest BCUT2D eigenvalue weighted by atomic mass is 79.9. The summed E-state index contributed by atoms with van der Waals surface area (Å²) < 4.78 is 0.601. The Morgan fingerprint density at radius 3 is 2.68 bits per heavy atom. The number of hydrogen-bond donors (Lipinski definition) is 2. The summed E-state index contributed by atoms with van der Waals surface area (Å²) in [6, 6.07) is 10.8. The van der Waals surface area contributed by atoms with E-state index < -0.39 is 0 Å². The van der Waals surface area contributed by atoms with Gasteiger partial charge in [0.15, 0.2) is 0 Å². The molecule has 2 aromatic rings. The van der Waals surface area contributed by atoms with Gasteiger partial charge in [-0.2, -0.15) is 0 Å². The summed E-state index contributed by atoms with van der Waals surface area (Å²) in [4.78, 5) is 15.8. The summed E-state index contributed by atoms with van der Waals surface area (Å²) >= 11 is 3.26. The molecule has 1 aromatic heterocycles. The second-order valence-electron chi connectivity index (χ2n) is 3.83. The summed E-state index contributed by atoms with van der Waals surface area (Å²) in [5.41, 5.74) is 7.83. The van der Waals surface area contributed by atoms with E-state index in [-0.39, 0.29) is 5.91 Å². The van der Waals surface area contributed by atoms with Gasteiger partial charge in [-0.3, -0.25) is 4.79 Å². The van der Waals surface area contributed by atoms with Gasteiger partial charge in [-0.1, -0.05) is 12.1 Å². The minimum atomic E-state index is -0.217. The van der Waals surface area contributed by atoms with Crippen molar-refractivity contribution >= 4 is 39.3 Å². The van der Waals surface area contributed by atoms with E-state index in [1.807, 2.05) is 12.1 Å². The van der Waals surface area contributed by atoms with Gasteiger partial charge in [-0.25, -0.2) is 4.98 Å². The fourth-order valence-corrected chi connectivity index (χ4v) is 1.78. The Balaban J connectivity index is 2.02. The molecule has 0 saturated heterocycles. The Hall–Kier alpha value is -2.14. The Morgan fingerprint density at radius 2 is 2.00 bits per heavy atom. The fourth-order valence-electron chi connectivity index (χ4n) is 1.43. The number of anilines is 2. The molecule has 5 heteroatoms. The first-order valence-corrected chi connectivity index (χ1v) is 6.39. The number of amides is 1. The van der Waals surface area contributed by atoms with E-state index >= 15 is 0 Å². The minimum absolute atomic E-state index is 0.217. The fraction of sp³-hybridized carbons (Fsp3) is 0. The number of carbonyl (C=O) groups is 1. The molecule has 0 atom stereocenters. The van der Waals surface area contributed by atoms with Crippen LogP contribution in [0.1, 0.15) is 5.56 Å². The first-order chi connectivity index (χ1) is 9.15. The maximum atomic E-state index is 11.7. The second kappa shape index (κ2) is 6.15. The zero-order chi connectivity index (χ0) is 13.7. The van der Waals surface area contributed by atoms with Gasteiger partial charge in [0, 0.05) is 18.0 Å². The number of hydrogen-bond acceptors (Lipinski definition) is 3. The first-order valence-electron chi connectivity index (χ1n) is 5.60. The van der Waals surface area contributed by atoms with E-state index in [1.165, 1.54) is 6.08 Å². The number of pyridine rings is 1. The van der Waals surface area contributed by atoms with Crippen molar-refractivity contribution in [1.82, 2.24) is 4.98 Å². The summed E-state index contributed by atoms with van der Waals surface area (Å²) in [6.07, 6.45) is 4.83. The molecule has 0 spiro atoms. The van der Waals surface area contributed by atoms with Crippen molar-refractivity contribution < 1.29 is 4.79 Å². The van der Waals surface area contributed by atoms with Gasteiger partial charge in [0.25, 0.3) is 0 Å².